The second-order valence-corrected chi connectivity index (χ2v) is 4.44. The van der Waals surface area contributed by atoms with Gasteiger partial charge in [-0.2, -0.15) is 0 Å². The highest BCUT2D eigenvalue weighted by Crippen LogP contribution is 2.30. The van der Waals surface area contributed by atoms with Crippen molar-refractivity contribution in [1.82, 2.24) is 0 Å². The molecular weight excluding hydrogens is 224 g/mol. The molecule has 1 aromatic heterocycles. The lowest BCUT2D eigenvalue weighted by Crippen LogP contribution is -1.99. The van der Waals surface area contributed by atoms with E-state index in [0.717, 1.165) is 10.9 Å². The lowest BCUT2D eigenvalue weighted by atomic mass is 9.97. The molecule has 2 aromatic carbocycles. The SMILES string of the molecule is Cc1cccc2c(C(O)c3ccco3)cccc12. The molecule has 2 nitrogen and oxygen atoms in total. The highest BCUT2D eigenvalue weighted by molar-refractivity contribution is 5.89. The van der Waals surface area contributed by atoms with Gasteiger partial charge in [-0.3, -0.25) is 0 Å². The van der Waals surface area contributed by atoms with E-state index >= 15 is 0 Å². The Bertz CT molecular complexity index is 669. The topological polar surface area (TPSA) is 33.4 Å². The minimum absolute atomic E-state index is 0.573. The summed E-state index contributed by atoms with van der Waals surface area (Å²) in [5, 5.41) is 12.6. The average Bonchev–Trinajstić information content (AvgIpc) is 2.92. The zero-order valence-corrected chi connectivity index (χ0v) is 10.1. The van der Waals surface area contributed by atoms with Gasteiger partial charge in [-0.1, -0.05) is 36.4 Å². The summed E-state index contributed by atoms with van der Waals surface area (Å²) in [5.74, 6) is 0.573. The fraction of sp³-hybridized carbons (Fsp3) is 0.125. The summed E-state index contributed by atoms with van der Waals surface area (Å²) in [5.41, 5.74) is 2.09. The van der Waals surface area contributed by atoms with E-state index in [1.807, 2.05) is 24.3 Å². The summed E-state index contributed by atoms with van der Waals surface area (Å²) in [6, 6.07) is 15.7. The lowest BCUT2D eigenvalue weighted by Gasteiger charge is -2.12. The van der Waals surface area contributed by atoms with Crippen LogP contribution < -0.4 is 0 Å². The number of rotatable bonds is 2. The fourth-order valence-corrected chi connectivity index (χ4v) is 2.33. The van der Waals surface area contributed by atoms with Crippen molar-refractivity contribution in [3.8, 4) is 0 Å². The van der Waals surface area contributed by atoms with Crippen molar-refractivity contribution in [2.75, 3.05) is 0 Å². The highest BCUT2D eigenvalue weighted by atomic mass is 16.4. The van der Waals surface area contributed by atoms with Gasteiger partial charge in [0.1, 0.15) is 11.9 Å². The van der Waals surface area contributed by atoms with E-state index in [9.17, 15) is 5.11 Å². The number of aryl methyl sites for hydroxylation is 1. The van der Waals surface area contributed by atoms with Crippen molar-refractivity contribution >= 4 is 10.8 Å². The molecule has 0 aliphatic heterocycles. The third-order valence-electron chi connectivity index (χ3n) is 3.28. The van der Waals surface area contributed by atoms with Crippen LogP contribution in [-0.4, -0.2) is 5.11 Å². The maximum absolute atomic E-state index is 10.4. The molecule has 3 aromatic rings. The Kier molecular flexibility index (Phi) is 2.65. The Morgan fingerprint density at radius 3 is 2.50 bits per heavy atom. The van der Waals surface area contributed by atoms with Gasteiger partial charge in [0.2, 0.25) is 0 Å². The largest absolute Gasteiger partial charge is 0.466 e. The molecule has 2 heteroatoms. The first-order valence-corrected chi connectivity index (χ1v) is 5.97. The van der Waals surface area contributed by atoms with Gasteiger partial charge in [-0.05, 0) is 41.0 Å². The monoisotopic (exact) mass is 238 g/mol. The molecule has 0 aliphatic carbocycles. The summed E-state index contributed by atoms with van der Waals surface area (Å²) in [4.78, 5) is 0. The standard InChI is InChI=1S/C16H14O2/c1-11-5-2-7-13-12(11)6-3-8-14(13)16(17)15-9-4-10-18-15/h2-10,16-17H,1H3. The minimum atomic E-state index is -0.717. The van der Waals surface area contributed by atoms with Crippen molar-refractivity contribution < 1.29 is 9.52 Å². The first-order chi connectivity index (χ1) is 8.77. The van der Waals surface area contributed by atoms with E-state index in [2.05, 4.69) is 19.1 Å². The van der Waals surface area contributed by atoms with Crippen molar-refractivity contribution in [2.24, 2.45) is 0 Å². The summed E-state index contributed by atoms with van der Waals surface area (Å²) in [6.45, 7) is 2.07. The van der Waals surface area contributed by atoms with Crippen LogP contribution in [0.15, 0.2) is 59.2 Å². The Balaban J connectivity index is 2.21. The van der Waals surface area contributed by atoms with E-state index in [1.54, 1.807) is 18.4 Å². The Labute approximate surface area is 105 Å². The predicted octanol–water partition coefficient (Wildman–Crippen LogP) is 3.82. The first kappa shape index (κ1) is 11.1. The van der Waals surface area contributed by atoms with Gasteiger partial charge >= 0.3 is 0 Å². The van der Waals surface area contributed by atoms with Gasteiger partial charge in [0.15, 0.2) is 0 Å². The number of furan rings is 1. The second-order valence-electron chi connectivity index (χ2n) is 4.44. The van der Waals surface area contributed by atoms with Crippen molar-refractivity contribution in [1.29, 1.82) is 0 Å². The van der Waals surface area contributed by atoms with Crippen LogP contribution in [0.1, 0.15) is 23.0 Å². The summed E-state index contributed by atoms with van der Waals surface area (Å²) < 4.78 is 5.28. The van der Waals surface area contributed by atoms with Gasteiger partial charge in [-0.25, -0.2) is 0 Å². The van der Waals surface area contributed by atoms with Crippen molar-refractivity contribution in [3.05, 3.63) is 71.7 Å². The van der Waals surface area contributed by atoms with Crippen LogP contribution in [0.5, 0.6) is 0 Å². The molecule has 3 rings (SSSR count). The predicted molar refractivity (Wildman–Crippen MR) is 71.5 cm³/mol. The molecule has 1 unspecified atom stereocenters. The van der Waals surface area contributed by atoms with Crippen LogP contribution in [-0.2, 0) is 0 Å². The van der Waals surface area contributed by atoms with Crippen LogP contribution >= 0.6 is 0 Å². The summed E-state index contributed by atoms with van der Waals surface area (Å²) >= 11 is 0. The van der Waals surface area contributed by atoms with Gasteiger partial charge in [0.05, 0.1) is 6.26 Å². The third-order valence-corrected chi connectivity index (χ3v) is 3.28. The van der Waals surface area contributed by atoms with E-state index in [-0.39, 0.29) is 0 Å². The van der Waals surface area contributed by atoms with E-state index in [0.29, 0.717) is 5.76 Å². The van der Waals surface area contributed by atoms with Crippen LogP contribution in [0, 0.1) is 6.92 Å². The molecule has 0 fully saturated rings. The van der Waals surface area contributed by atoms with Crippen LogP contribution in [0.2, 0.25) is 0 Å². The molecule has 0 bridgehead atoms. The van der Waals surface area contributed by atoms with Crippen LogP contribution in [0.3, 0.4) is 0 Å². The van der Waals surface area contributed by atoms with E-state index < -0.39 is 6.10 Å². The van der Waals surface area contributed by atoms with Gasteiger partial charge in [0, 0.05) is 0 Å². The molecule has 90 valence electrons. The molecule has 0 amide bonds. The van der Waals surface area contributed by atoms with Crippen molar-refractivity contribution in [3.63, 3.8) is 0 Å². The van der Waals surface area contributed by atoms with E-state index in [1.165, 1.54) is 10.9 Å². The smallest absolute Gasteiger partial charge is 0.137 e. The molecule has 0 radical (unpaired) electrons. The Morgan fingerprint density at radius 2 is 1.72 bits per heavy atom. The molecule has 0 aliphatic rings. The van der Waals surface area contributed by atoms with Gasteiger partial charge in [-0.15, -0.1) is 0 Å². The quantitative estimate of drug-likeness (QED) is 0.736. The second kappa shape index (κ2) is 4.31. The molecule has 1 atom stereocenters. The summed E-state index contributed by atoms with van der Waals surface area (Å²) in [6.07, 6.45) is 0.861. The normalized spacial score (nSPS) is 12.8. The third kappa shape index (κ3) is 1.71. The molecule has 1 N–H and O–H groups in total. The van der Waals surface area contributed by atoms with Gasteiger partial charge in [0.25, 0.3) is 0 Å². The number of hydrogen-bond donors (Lipinski definition) is 1. The number of fused-ring (bicyclic) bond motifs is 1. The molecule has 0 saturated carbocycles. The maximum Gasteiger partial charge on any atom is 0.137 e. The first-order valence-electron chi connectivity index (χ1n) is 5.97. The fourth-order valence-electron chi connectivity index (χ4n) is 2.33. The lowest BCUT2D eigenvalue weighted by molar-refractivity contribution is 0.191. The number of benzene rings is 2. The molecular formula is C16H14O2. The number of hydrogen-bond acceptors (Lipinski definition) is 2. The van der Waals surface area contributed by atoms with E-state index in [4.69, 9.17) is 4.42 Å². The molecule has 18 heavy (non-hydrogen) atoms. The van der Waals surface area contributed by atoms with Gasteiger partial charge < -0.3 is 9.52 Å². The molecule has 0 saturated heterocycles. The molecule has 0 spiro atoms. The summed E-state index contributed by atoms with van der Waals surface area (Å²) in [7, 11) is 0. The maximum atomic E-state index is 10.4. The number of aliphatic hydroxyl groups excluding tert-OH is 1. The minimum Gasteiger partial charge on any atom is -0.466 e. The Morgan fingerprint density at radius 1 is 0.944 bits per heavy atom. The zero-order valence-electron chi connectivity index (χ0n) is 10.1. The van der Waals surface area contributed by atoms with Crippen LogP contribution in [0.25, 0.3) is 10.8 Å². The highest BCUT2D eigenvalue weighted by Gasteiger charge is 2.15. The zero-order chi connectivity index (χ0) is 12.5. The van der Waals surface area contributed by atoms with Crippen molar-refractivity contribution in [2.45, 2.75) is 13.0 Å². The average molecular weight is 238 g/mol. The van der Waals surface area contributed by atoms with Crippen LogP contribution in [0.4, 0.5) is 0 Å². The molecule has 1 heterocycles. The Hall–Kier alpha value is -2.06. The number of aliphatic hydroxyl groups is 1.